The van der Waals surface area contributed by atoms with E-state index in [-0.39, 0.29) is 5.78 Å². The first-order valence-electron chi connectivity index (χ1n) is 9.20. The third-order valence-corrected chi connectivity index (χ3v) is 5.73. The van der Waals surface area contributed by atoms with E-state index >= 15 is 0 Å². The van der Waals surface area contributed by atoms with Crippen molar-refractivity contribution in [2.75, 3.05) is 0 Å². The van der Waals surface area contributed by atoms with Crippen LogP contribution in [-0.2, 0) is 0 Å². The monoisotopic (exact) mass is 446 g/mol. The first kappa shape index (κ1) is 17.9. The molecule has 5 rings (SSSR count). The Morgan fingerprint density at radius 1 is 0.862 bits per heavy atom. The molecule has 142 valence electrons. The van der Waals surface area contributed by atoms with Crippen LogP contribution >= 0.6 is 15.9 Å². The summed E-state index contributed by atoms with van der Waals surface area (Å²) in [6.45, 7) is 0. The second-order valence-corrected chi connectivity index (χ2v) is 7.84. The van der Waals surface area contributed by atoms with E-state index in [0.29, 0.717) is 27.8 Å². The fourth-order valence-electron chi connectivity index (χ4n) is 3.86. The number of ketones is 1. The second kappa shape index (κ2) is 7.01. The van der Waals surface area contributed by atoms with Crippen LogP contribution < -0.4 is 10.4 Å². The molecule has 3 aromatic carbocycles. The van der Waals surface area contributed by atoms with Gasteiger partial charge in [-0.1, -0.05) is 70.5 Å². The van der Waals surface area contributed by atoms with Crippen molar-refractivity contribution in [3.05, 3.63) is 110 Å². The highest BCUT2D eigenvalue weighted by Gasteiger charge is 2.44. The zero-order chi connectivity index (χ0) is 20.0. The standard InChI is InChI=1S/C24H15BrO4/c25-16-12-10-15(11-13-16)21(26)23-19(14-6-2-1-3-7-14)20-22(29-23)17-8-4-5-9-18(17)28-24(20)27/h1-13,19,23H/t19-,23-/m0/s1. The Morgan fingerprint density at radius 3 is 2.31 bits per heavy atom. The van der Waals surface area contributed by atoms with Crippen LogP contribution in [0, 0.1) is 0 Å². The van der Waals surface area contributed by atoms with Crippen LogP contribution in [0.3, 0.4) is 0 Å². The van der Waals surface area contributed by atoms with Crippen molar-refractivity contribution in [2.45, 2.75) is 12.0 Å². The summed E-state index contributed by atoms with van der Waals surface area (Å²) < 4.78 is 12.6. The number of hydrogen-bond acceptors (Lipinski definition) is 4. The molecule has 1 aromatic heterocycles. The number of carbonyl (C=O) groups excluding carboxylic acids is 1. The normalized spacial score (nSPS) is 17.7. The first-order chi connectivity index (χ1) is 14.1. The lowest BCUT2D eigenvalue weighted by molar-refractivity contribution is 0.0808. The molecule has 5 heteroatoms. The third kappa shape index (κ3) is 2.98. The quantitative estimate of drug-likeness (QED) is 0.315. The van der Waals surface area contributed by atoms with E-state index < -0.39 is 17.6 Å². The number of rotatable bonds is 3. The van der Waals surface area contributed by atoms with Crippen LogP contribution in [0.15, 0.2) is 92.5 Å². The molecular weight excluding hydrogens is 432 g/mol. The van der Waals surface area contributed by atoms with Crippen LogP contribution in [0.1, 0.15) is 27.4 Å². The molecule has 4 aromatic rings. The highest BCUT2D eigenvalue weighted by atomic mass is 79.9. The number of halogens is 1. The summed E-state index contributed by atoms with van der Waals surface area (Å²) in [5.74, 6) is -0.282. The Balaban J connectivity index is 1.72. The Kier molecular flexibility index (Phi) is 4.32. The van der Waals surface area contributed by atoms with Crippen molar-refractivity contribution in [1.82, 2.24) is 0 Å². The number of ether oxygens (including phenoxy) is 1. The average Bonchev–Trinajstić information content (AvgIpc) is 3.16. The zero-order valence-electron chi connectivity index (χ0n) is 15.2. The molecule has 0 saturated carbocycles. The van der Waals surface area contributed by atoms with Gasteiger partial charge in [0.2, 0.25) is 5.78 Å². The minimum Gasteiger partial charge on any atom is -0.480 e. The lowest BCUT2D eigenvalue weighted by Gasteiger charge is -2.18. The number of hydrogen-bond donors (Lipinski definition) is 0. The Labute approximate surface area is 174 Å². The molecular formula is C24H15BrO4. The highest BCUT2D eigenvalue weighted by molar-refractivity contribution is 9.10. The minimum absolute atomic E-state index is 0.175. The van der Waals surface area contributed by atoms with E-state index in [1.54, 1.807) is 24.3 Å². The van der Waals surface area contributed by atoms with E-state index in [4.69, 9.17) is 9.15 Å². The van der Waals surface area contributed by atoms with Gasteiger partial charge in [-0.15, -0.1) is 0 Å². The van der Waals surface area contributed by atoms with Gasteiger partial charge in [0.1, 0.15) is 11.3 Å². The first-order valence-corrected chi connectivity index (χ1v) is 10.00. The van der Waals surface area contributed by atoms with Gasteiger partial charge >= 0.3 is 5.63 Å². The molecule has 0 bridgehead atoms. The predicted octanol–water partition coefficient (Wildman–Crippen LogP) is 5.33. The van der Waals surface area contributed by atoms with Gasteiger partial charge in [0.25, 0.3) is 0 Å². The minimum atomic E-state index is -0.845. The summed E-state index contributed by atoms with van der Waals surface area (Å²) in [7, 11) is 0. The largest absolute Gasteiger partial charge is 0.480 e. The summed E-state index contributed by atoms with van der Waals surface area (Å²) in [5.41, 5.74) is 1.73. The number of carbonyl (C=O) groups is 1. The predicted molar refractivity (Wildman–Crippen MR) is 114 cm³/mol. The maximum atomic E-state index is 13.4. The van der Waals surface area contributed by atoms with Gasteiger partial charge in [-0.3, -0.25) is 4.79 Å². The second-order valence-electron chi connectivity index (χ2n) is 6.93. The SMILES string of the molecule is O=C(c1ccc(Br)cc1)[C@H]1Oc2c(c(=O)oc3ccccc23)[C@@H]1c1ccccc1. The Morgan fingerprint density at radius 2 is 1.55 bits per heavy atom. The van der Waals surface area contributed by atoms with Crippen LogP contribution in [0.2, 0.25) is 0 Å². The molecule has 1 aliphatic rings. The smallest absolute Gasteiger partial charge is 0.344 e. The van der Waals surface area contributed by atoms with Crippen molar-refractivity contribution >= 4 is 32.7 Å². The lowest BCUT2D eigenvalue weighted by atomic mass is 9.85. The summed E-state index contributed by atoms with van der Waals surface area (Å²) in [4.78, 5) is 26.3. The molecule has 0 N–H and O–H groups in total. The van der Waals surface area contributed by atoms with Crippen molar-refractivity contribution in [3.63, 3.8) is 0 Å². The molecule has 0 aliphatic carbocycles. The maximum absolute atomic E-state index is 13.4. The van der Waals surface area contributed by atoms with Crippen LogP contribution in [0.25, 0.3) is 11.0 Å². The number of Topliss-reactive ketones (excluding diaryl/α,β-unsaturated/α-hetero) is 1. The molecule has 0 unspecified atom stereocenters. The topological polar surface area (TPSA) is 56.5 Å². The van der Waals surface area contributed by atoms with E-state index in [9.17, 15) is 9.59 Å². The Hall–Kier alpha value is -3.18. The number of benzene rings is 3. The van der Waals surface area contributed by atoms with Gasteiger partial charge in [-0.25, -0.2) is 4.79 Å². The van der Waals surface area contributed by atoms with Gasteiger partial charge in [0.05, 0.1) is 16.9 Å². The zero-order valence-corrected chi connectivity index (χ0v) is 16.8. The van der Waals surface area contributed by atoms with Crippen molar-refractivity contribution < 1.29 is 13.9 Å². The van der Waals surface area contributed by atoms with Crippen molar-refractivity contribution in [1.29, 1.82) is 0 Å². The number of para-hydroxylation sites is 1. The van der Waals surface area contributed by atoms with Gasteiger partial charge in [-0.2, -0.15) is 0 Å². The molecule has 2 atom stereocenters. The summed E-state index contributed by atoms with van der Waals surface area (Å²) >= 11 is 3.39. The van der Waals surface area contributed by atoms with Crippen molar-refractivity contribution in [3.8, 4) is 5.75 Å². The molecule has 29 heavy (non-hydrogen) atoms. The van der Waals surface area contributed by atoms with Crippen LogP contribution in [0.4, 0.5) is 0 Å². The third-order valence-electron chi connectivity index (χ3n) is 5.20. The van der Waals surface area contributed by atoms with E-state index in [0.717, 1.165) is 10.0 Å². The molecule has 1 aliphatic heterocycles. The lowest BCUT2D eigenvalue weighted by Crippen LogP contribution is -2.31. The Bertz CT molecular complexity index is 1280. The molecule has 0 radical (unpaired) electrons. The van der Waals surface area contributed by atoms with E-state index in [1.165, 1.54) is 0 Å². The van der Waals surface area contributed by atoms with Gasteiger partial charge in [-0.05, 0) is 29.8 Å². The average molecular weight is 447 g/mol. The van der Waals surface area contributed by atoms with Gasteiger partial charge in [0, 0.05) is 10.0 Å². The van der Waals surface area contributed by atoms with E-state index in [1.807, 2.05) is 54.6 Å². The molecule has 4 nitrogen and oxygen atoms in total. The van der Waals surface area contributed by atoms with Crippen molar-refractivity contribution in [2.24, 2.45) is 0 Å². The van der Waals surface area contributed by atoms with Gasteiger partial charge in [0.15, 0.2) is 6.10 Å². The highest BCUT2D eigenvalue weighted by Crippen LogP contribution is 2.45. The molecule has 0 amide bonds. The maximum Gasteiger partial charge on any atom is 0.344 e. The van der Waals surface area contributed by atoms with Gasteiger partial charge < -0.3 is 9.15 Å². The fraction of sp³-hybridized carbons (Fsp3) is 0.0833. The molecule has 0 spiro atoms. The fourth-order valence-corrected chi connectivity index (χ4v) is 4.13. The van der Waals surface area contributed by atoms with E-state index in [2.05, 4.69) is 15.9 Å². The molecule has 0 saturated heterocycles. The molecule has 0 fully saturated rings. The summed E-state index contributed by atoms with van der Waals surface area (Å²) in [6.07, 6.45) is -0.845. The van der Waals surface area contributed by atoms with Crippen LogP contribution in [0.5, 0.6) is 5.75 Å². The summed E-state index contributed by atoms with van der Waals surface area (Å²) in [5, 5.41) is 0.689. The number of fused-ring (bicyclic) bond motifs is 3. The van der Waals surface area contributed by atoms with Crippen LogP contribution in [-0.4, -0.2) is 11.9 Å². The summed E-state index contributed by atoms with van der Waals surface area (Å²) in [6, 6.07) is 23.8. The molecule has 2 heterocycles.